The molecule has 0 saturated carbocycles. The van der Waals surface area contributed by atoms with Crippen molar-refractivity contribution in [1.29, 1.82) is 0 Å². The van der Waals surface area contributed by atoms with E-state index in [9.17, 15) is 13.2 Å². The summed E-state index contributed by atoms with van der Waals surface area (Å²) in [4.78, 5) is 16.6. The van der Waals surface area contributed by atoms with Crippen LogP contribution in [0.5, 0.6) is 0 Å². The second kappa shape index (κ2) is 6.79. The average Bonchev–Trinajstić information content (AvgIpc) is 2.46. The topological polar surface area (TPSA) is 57.7 Å². The SMILES string of the molecule is CN1CCC(N(C)C(=O)c2ccc(CS(C)(=O)=O)cc2)CC1. The lowest BCUT2D eigenvalue weighted by Crippen LogP contribution is -2.44. The van der Waals surface area contributed by atoms with E-state index in [4.69, 9.17) is 0 Å². The zero-order valence-corrected chi connectivity index (χ0v) is 14.3. The van der Waals surface area contributed by atoms with E-state index in [1.54, 1.807) is 24.3 Å². The van der Waals surface area contributed by atoms with E-state index in [1.807, 2.05) is 11.9 Å². The standard InChI is InChI=1S/C16H24N2O3S/c1-17-10-8-15(9-11-17)18(2)16(19)14-6-4-13(5-7-14)12-22(3,20)21/h4-7,15H,8-12H2,1-3H3. The summed E-state index contributed by atoms with van der Waals surface area (Å²) < 4.78 is 22.6. The third kappa shape index (κ3) is 4.55. The average molecular weight is 324 g/mol. The van der Waals surface area contributed by atoms with Gasteiger partial charge in [0.05, 0.1) is 5.75 Å². The summed E-state index contributed by atoms with van der Waals surface area (Å²) in [5, 5.41) is 0. The summed E-state index contributed by atoms with van der Waals surface area (Å²) >= 11 is 0. The number of hydrogen-bond donors (Lipinski definition) is 0. The lowest BCUT2D eigenvalue weighted by Gasteiger charge is -2.35. The van der Waals surface area contributed by atoms with Crippen molar-refractivity contribution in [2.75, 3.05) is 33.4 Å². The monoisotopic (exact) mass is 324 g/mol. The predicted molar refractivity (Wildman–Crippen MR) is 87.6 cm³/mol. The Bertz CT molecular complexity index is 617. The summed E-state index contributed by atoms with van der Waals surface area (Å²) in [6.07, 6.45) is 3.19. The molecule has 5 nitrogen and oxygen atoms in total. The molecule has 122 valence electrons. The normalized spacial score (nSPS) is 17.4. The molecule has 22 heavy (non-hydrogen) atoms. The van der Waals surface area contributed by atoms with Gasteiger partial charge in [0.15, 0.2) is 9.84 Å². The minimum Gasteiger partial charge on any atom is -0.339 e. The fourth-order valence-corrected chi connectivity index (χ4v) is 3.60. The Kier molecular flexibility index (Phi) is 5.24. The highest BCUT2D eigenvalue weighted by atomic mass is 32.2. The zero-order valence-electron chi connectivity index (χ0n) is 13.4. The molecule has 0 bridgehead atoms. The van der Waals surface area contributed by atoms with Crippen LogP contribution in [0, 0.1) is 0 Å². The first kappa shape index (κ1) is 17.0. The Morgan fingerprint density at radius 1 is 1.23 bits per heavy atom. The highest BCUT2D eigenvalue weighted by molar-refractivity contribution is 7.89. The smallest absolute Gasteiger partial charge is 0.253 e. The van der Waals surface area contributed by atoms with Crippen LogP contribution < -0.4 is 0 Å². The summed E-state index contributed by atoms with van der Waals surface area (Å²) in [6.45, 7) is 2.02. The summed E-state index contributed by atoms with van der Waals surface area (Å²) in [7, 11) is 0.897. The van der Waals surface area contributed by atoms with Crippen molar-refractivity contribution in [1.82, 2.24) is 9.80 Å². The van der Waals surface area contributed by atoms with Crippen LogP contribution in [-0.4, -0.2) is 63.6 Å². The van der Waals surface area contributed by atoms with Crippen molar-refractivity contribution >= 4 is 15.7 Å². The fraction of sp³-hybridized carbons (Fsp3) is 0.562. The third-order valence-electron chi connectivity index (χ3n) is 4.19. The molecule has 1 aromatic rings. The molecular weight excluding hydrogens is 300 g/mol. The number of hydrogen-bond acceptors (Lipinski definition) is 4. The third-order valence-corrected chi connectivity index (χ3v) is 5.04. The number of nitrogens with zero attached hydrogens (tertiary/aromatic N) is 2. The highest BCUT2D eigenvalue weighted by Gasteiger charge is 2.24. The van der Waals surface area contributed by atoms with Gasteiger partial charge in [-0.2, -0.15) is 0 Å². The van der Waals surface area contributed by atoms with Gasteiger partial charge in [0.25, 0.3) is 5.91 Å². The number of carbonyl (C=O) groups is 1. The van der Waals surface area contributed by atoms with Gasteiger partial charge in [-0.15, -0.1) is 0 Å². The lowest BCUT2D eigenvalue weighted by molar-refractivity contribution is 0.0659. The summed E-state index contributed by atoms with van der Waals surface area (Å²) in [6, 6.07) is 7.15. The van der Waals surface area contributed by atoms with Crippen molar-refractivity contribution in [3.05, 3.63) is 35.4 Å². The molecule has 0 N–H and O–H groups in total. The van der Waals surface area contributed by atoms with Gasteiger partial charge in [0.1, 0.15) is 0 Å². The molecule has 1 aliphatic rings. The van der Waals surface area contributed by atoms with Crippen molar-refractivity contribution in [2.24, 2.45) is 0 Å². The molecule has 0 spiro atoms. The molecule has 1 fully saturated rings. The molecule has 6 heteroatoms. The largest absolute Gasteiger partial charge is 0.339 e. The minimum absolute atomic E-state index is 0.000425. The second-order valence-corrected chi connectivity index (χ2v) is 8.36. The zero-order chi connectivity index (χ0) is 16.3. The first-order valence-corrected chi connectivity index (χ1v) is 9.55. The van der Waals surface area contributed by atoms with Crippen LogP contribution in [0.2, 0.25) is 0 Å². The van der Waals surface area contributed by atoms with Crippen LogP contribution in [0.1, 0.15) is 28.8 Å². The van der Waals surface area contributed by atoms with Gasteiger partial charge in [-0.3, -0.25) is 4.79 Å². The van der Waals surface area contributed by atoms with Crippen LogP contribution in [-0.2, 0) is 15.6 Å². The van der Waals surface area contributed by atoms with Gasteiger partial charge in [-0.25, -0.2) is 8.42 Å². The molecule has 1 heterocycles. The van der Waals surface area contributed by atoms with Crippen LogP contribution in [0.3, 0.4) is 0 Å². The van der Waals surface area contributed by atoms with Crippen molar-refractivity contribution in [2.45, 2.75) is 24.6 Å². The Morgan fingerprint density at radius 3 is 2.27 bits per heavy atom. The van der Waals surface area contributed by atoms with Crippen molar-refractivity contribution < 1.29 is 13.2 Å². The van der Waals surface area contributed by atoms with E-state index in [1.165, 1.54) is 6.26 Å². The van der Waals surface area contributed by atoms with Crippen molar-refractivity contribution in [3.63, 3.8) is 0 Å². The van der Waals surface area contributed by atoms with Gasteiger partial charge in [-0.1, -0.05) is 12.1 Å². The quantitative estimate of drug-likeness (QED) is 0.840. The number of piperidine rings is 1. The van der Waals surface area contributed by atoms with Crippen LogP contribution >= 0.6 is 0 Å². The fourth-order valence-electron chi connectivity index (χ4n) is 2.80. The maximum absolute atomic E-state index is 12.5. The van der Waals surface area contributed by atoms with E-state index in [0.717, 1.165) is 25.9 Å². The maximum atomic E-state index is 12.5. The number of amides is 1. The van der Waals surface area contributed by atoms with Gasteiger partial charge in [0.2, 0.25) is 0 Å². The Hall–Kier alpha value is -1.40. The minimum atomic E-state index is -3.05. The van der Waals surface area contributed by atoms with E-state index >= 15 is 0 Å². The van der Waals surface area contributed by atoms with E-state index in [2.05, 4.69) is 11.9 Å². The number of likely N-dealkylation sites (tertiary alicyclic amines) is 1. The Labute approximate surface area is 132 Å². The molecule has 0 unspecified atom stereocenters. The molecule has 2 rings (SSSR count). The number of benzene rings is 1. The van der Waals surface area contributed by atoms with Gasteiger partial charge >= 0.3 is 0 Å². The predicted octanol–water partition coefficient (Wildman–Crippen LogP) is 1.40. The summed E-state index contributed by atoms with van der Waals surface area (Å²) in [5.74, 6) is 0.00664. The number of sulfone groups is 1. The first-order valence-electron chi connectivity index (χ1n) is 7.48. The Morgan fingerprint density at radius 2 is 1.77 bits per heavy atom. The highest BCUT2D eigenvalue weighted by Crippen LogP contribution is 2.17. The van der Waals surface area contributed by atoms with Crippen LogP contribution in [0.15, 0.2) is 24.3 Å². The lowest BCUT2D eigenvalue weighted by atomic mass is 10.0. The molecule has 0 radical (unpaired) electrons. The molecule has 0 aliphatic carbocycles. The van der Waals surface area contributed by atoms with Crippen LogP contribution in [0.25, 0.3) is 0 Å². The van der Waals surface area contributed by atoms with E-state index in [-0.39, 0.29) is 17.7 Å². The van der Waals surface area contributed by atoms with Gasteiger partial charge in [0, 0.05) is 24.9 Å². The molecular formula is C16H24N2O3S. The van der Waals surface area contributed by atoms with Crippen LogP contribution in [0.4, 0.5) is 0 Å². The molecule has 0 aromatic heterocycles. The summed E-state index contributed by atoms with van der Waals surface area (Å²) in [5.41, 5.74) is 1.32. The molecule has 1 amide bonds. The molecule has 1 aliphatic heterocycles. The molecule has 0 atom stereocenters. The van der Waals surface area contributed by atoms with Gasteiger partial charge in [-0.05, 0) is 50.7 Å². The van der Waals surface area contributed by atoms with Gasteiger partial charge < -0.3 is 9.80 Å². The molecule has 1 saturated heterocycles. The second-order valence-electron chi connectivity index (χ2n) is 6.22. The Balaban J connectivity index is 2.03. The first-order chi connectivity index (χ1) is 10.3. The van der Waals surface area contributed by atoms with E-state index in [0.29, 0.717) is 11.1 Å². The van der Waals surface area contributed by atoms with Crippen molar-refractivity contribution in [3.8, 4) is 0 Å². The maximum Gasteiger partial charge on any atom is 0.253 e. The molecule has 1 aromatic carbocycles. The van der Waals surface area contributed by atoms with E-state index < -0.39 is 9.84 Å². The number of rotatable bonds is 4. The number of carbonyl (C=O) groups excluding carboxylic acids is 1.